The van der Waals surface area contributed by atoms with E-state index in [0.717, 1.165) is 41.7 Å². The fourth-order valence-corrected chi connectivity index (χ4v) is 3.16. The van der Waals surface area contributed by atoms with Crippen LogP contribution in [0.1, 0.15) is 56.7 Å². The average molecular weight is 372 g/mol. The molecule has 1 aliphatic heterocycles. The number of amides is 1. The van der Waals surface area contributed by atoms with Crippen LogP contribution in [0, 0.1) is 13.8 Å². The number of likely N-dealkylation sites (tertiary alicyclic amines) is 1. The van der Waals surface area contributed by atoms with Crippen molar-refractivity contribution in [3.05, 3.63) is 29.3 Å². The first-order chi connectivity index (χ1) is 12.7. The van der Waals surface area contributed by atoms with Gasteiger partial charge in [0.05, 0.1) is 0 Å². The van der Waals surface area contributed by atoms with Crippen molar-refractivity contribution in [2.24, 2.45) is 0 Å². The normalized spacial score (nSPS) is 15.7. The summed E-state index contributed by atoms with van der Waals surface area (Å²) in [6, 6.07) is 3.90. The van der Waals surface area contributed by atoms with E-state index >= 15 is 0 Å². The fourth-order valence-electron chi connectivity index (χ4n) is 3.16. The number of carbonyl (C=O) groups excluding carboxylic acids is 1. The van der Waals surface area contributed by atoms with E-state index in [-0.39, 0.29) is 6.09 Å². The molecular weight excluding hydrogens is 344 g/mol. The molecule has 0 saturated carbocycles. The van der Waals surface area contributed by atoms with Gasteiger partial charge in [0.1, 0.15) is 17.2 Å². The predicted octanol–water partition coefficient (Wildman–Crippen LogP) is 3.67. The lowest BCUT2D eigenvalue weighted by Crippen LogP contribution is -2.41. The molecule has 1 fully saturated rings. The molecule has 0 atom stereocenters. The molecule has 0 spiro atoms. The Morgan fingerprint density at radius 3 is 2.48 bits per heavy atom. The Balaban J connectivity index is 1.65. The maximum atomic E-state index is 12.2. The number of nitrogens with one attached hydrogen (secondary N) is 2. The molecule has 0 aliphatic carbocycles. The van der Waals surface area contributed by atoms with E-state index in [1.165, 1.54) is 0 Å². The molecule has 2 aromatic heterocycles. The average Bonchev–Trinajstić information content (AvgIpc) is 2.98. The van der Waals surface area contributed by atoms with Gasteiger partial charge in [-0.25, -0.2) is 14.8 Å². The molecule has 2 aromatic rings. The highest BCUT2D eigenvalue weighted by atomic mass is 16.6. The van der Waals surface area contributed by atoms with Gasteiger partial charge in [-0.2, -0.15) is 5.10 Å². The van der Waals surface area contributed by atoms with E-state index in [0.29, 0.717) is 19.0 Å². The van der Waals surface area contributed by atoms with Gasteiger partial charge < -0.3 is 15.0 Å². The van der Waals surface area contributed by atoms with Crippen molar-refractivity contribution in [3.8, 4) is 0 Å². The number of anilines is 2. The Kier molecular flexibility index (Phi) is 5.34. The van der Waals surface area contributed by atoms with Gasteiger partial charge in [-0.3, -0.25) is 5.10 Å². The first kappa shape index (κ1) is 19.1. The monoisotopic (exact) mass is 372 g/mol. The first-order valence-corrected chi connectivity index (χ1v) is 9.32. The lowest BCUT2D eigenvalue weighted by atomic mass is 9.93. The molecule has 27 heavy (non-hydrogen) atoms. The van der Waals surface area contributed by atoms with Gasteiger partial charge in [-0.1, -0.05) is 0 Å². The van der Waals surface area contributed by atoms with Gasteiger partial charge in [0, 0.05) is 42.5 Å². The van der Waals surface area contributed by atoms with Crippen molar-refractivity contribution >= 4 is 17.7 Å². The molecular formula is C19H28N6O2. The summed E-state index contributed by atoms with van der Waals surface area (Å²) in [7, 11) is 0. The second-order valence-corrected chi connectivity index (χ2v) is 8.03. The largest absolute Gasteiger partial charge is 0.444 e. The lowest BCUT2D eigenvalue weighted by Gasteiger charge is -2.33. The molecule has 8 nitrogen and oxygen atoms in total. The number of aryl methyl sites for hydroxylation is 2. The van der Waals surface area contributed by atoms with Crippen molar-refractivity contribution in [2.45, 2.75) is 59.0 Å². The third-order valence-electron chi connectivity index (χ3n) is 4.38. The number of aromatic amines is 1. The molecule has 1 amide bonds. The van der Waals surface area contributed by atoms with Crippen LogP contribution in [0.4, 0.5) is 16.4 Å². The second kappa shape index (κ2) is 7.54. The molecule has 1 aliphatic rings. The predicted molar refractivity (Wildman–Crippen MR) is 103 cm³/mol. The van der Waals surface area contributed by atoms with Gasteiger partial charge in [0.2, 0.25) is 0 Å². The smallest absolute Gasteiger partial charge is 0.410 e. The van der Waals surface area contributed by atoms with Crippen LogP contribution in [0.2, 0.25) is 0 Å². The number of piperidine rings is 1. The van der Waals surface area contributed by atoms with Gasteiger partial charge in [0.25, 0.3) is 0 Å². The molecule has 8 heteroatoms. The zero-order valence-electron chi connectivity index (χ0n) is 16.7. The van der Waals surface area contributed by atoms with Crippen LogP contribution in [0.3, 0.4) is 0 Å². The number of carbonyl (C=O) groups is 1. The molecule has 0 unspecified atom stereocenters. The molecule has 0 aromatic carbocycles. The van der Waals surface area contributed by atoms with Crippen molar-refractivity contribution in [3.63, 3.8) is 0 Å². The summed E-state index contributed by atoms with van der Waals surface area (Å²) >= 11 is 0. The first-order valence-electron chi connectivity index (χ1n) is 9.32. The minimum atomic E-state index is -0.469. The van der Waals surface area contributed by atoms with Crippen LogP contribution in [0.15, 0.2) is 12.1 Å². The van der Waals surface area contributed by atoms with Crippen LogP contribution < -0.4 is 5.32 Å². The molecule has 0 radical (unpaired) electrons. The number of hydrogen-bond donors (Lipinski definition) is 2. The molecule has 0 bridgehead atoms. The van der Waals surface area contributed by atoms with Gasteiger partial charge in [-0.05, 0) is 47.5 Å². The summed E-state index contributed by atoms with van der Waals surface area (Å²) in [5, 5.41) is 10.3. The maximum absolute atomic E-state index is 12.2. The molecule has 3 rings (SSSR count). The summed E-state index contributed by atoms with van der Waals surface area (Å²) in [5.74, 6) is 2.48. The van der Waals surface area contributed by atoms with E-state index in [1.54, 1.807) is 4.90 Å². The standard InChI is InChI=1S/C19H28N6O2/c1-12-10-17(24-23-12)22-16-11-15(20-13(2)21-16)14-6-8-25(9-7-14)18(26)27-19(3,4)5/h10-11,14H,6-9H2,1-5H3,(H2,20,21,22,23,24). The number of nitrogens with zero attached hydrogens (tertiary/aromatic N) is 4. The summed E-state index contributed by atoms with van der Waals surface area (Å²) in [6.07, 6.45) is 1.48. The Hall–Kier alpha value is -2.64. The summed E-state index contributed by atoms with van der Waals surface area (Å²) in [6.45, 7) is 10.8. The zero-order chi connectivity index (χ0) is 19.6. The quantitative estimate of drug-likeness (QED) is 0.853. The number of H-pyrrole nitrogens is 1. The van der Waals surface area contributed by atoms with Crippen molar-refractivity contribution in [1.82, 2.24) is 25.1 Å². The highest BCUT2D eigenvalue weighted by Gasteiger charge is 2.28. The number of aromatic nitrogens is 4. The van der Waals surface area contributed by atoms with Crippen LogP contribution in [-0.2, 0) is 4.74 Å². The summed E-state index contributed by atoms with van der Waals surface area (Å²) in [5.41, 5.74) is 1.52. The van der Waals surface area contributed by atoms with Gasteiger partial charge in [-0.15, -0.1) is 0 Å². The number of ether oxygens (including phenoxy) is 1. The second-order valence-electron chi connectivity index (χ2n) is 8.03. The fraction of sp³-hybridized carbons (Fsp3) is 0.579. The zero-order valence-corrected chi connectivity index (χ0v) is 16.7. The van der Waals surface area contributed by atoms with E-state index in [4.69, 9.17) is 4.74 Å². The Bertz CT molecular complexity index is 803. The minimum Gasteiger partial charge on any atom is -0.444 e. The van der Waals surface area contributed by atoms with Gasteiger partial charge >= 0.3 is 6.09 Å². The third-order valence-corrected chi connectivity index (χ3v) is 4.38. The highest BCUT2D eigenvalue weighted by Crippen LogP contribution is 2.29. The van der Waals surface area contributed by atoms with Crippen LogP contribution in [0.25, 0.3) is 0 Å². The van der Waals surface area contributed by atoms with Crippen LogP contribution in [-0.4, -0.2) is 49.8 Å². The molecule has 1 saturated heterocycles. The van der Waals surface area contributed by atoms with E-state index in [2.05, 4.69) is 25.5 Å². The maximum Gasteiger partial charge on any atom is 0.410 e. The van der Waals surface area contributed by atoms with Gasteiger partial charge in [0.15, 0.2) is 5.82 Å². The number of hydrogen-bond acceptors (Lipinski definition) is 6. The summed E-state index contributed by atoms with van der Waals surface area (Å²) in [4.78, 5) is 23.1. The van der Waals surface area contributed by atoms with Crippen LogP contribution >= 0.6 is 0 Å². The van der Waals surface area contributed by atoms with Crippen LogP contribution in [0.5, 0.6) is 0 Å². The van der Waals surface area contributed by atoms with Crippen molar-refractivity contribution in [1.29, 1.82) is 0 Å². The number of rotatable bonds is 3. The van der Waals surface area contributed by atoms with Crippen molar-refractivity contribution < 1.29 is 9.53 Å². The molecule has 146 valence electrons. The van der Waals surface area contributed by atoms with Crippen molar-refractivity contribution in [2.75, 3.05) is 18.4 Å². The third kappa shape index (κ3) is 5.18. The lowest BCUT2D eigenvalue weighted by molar-refractivity contribution is 0.0204. The topological polar surface area (TPSA) is 96.0 Å². The van der Waals surface area contributed by atoms with E-state index in [9.17, 15) is 4.79 Å². The van der Waals surface area contributed by atoms with E-state index < -0.39 is 5.60 Å². The minimum absolute atomic E-state index is 0.240. The Labute approximate surface area is 159 Å². The highest BCUT2D eigenvalue weighted by molar-refractivity contribution is 5.68. The molecule has 3 heterocycles. The van der Waals surface area contributed by atoms with E-state index in [1.807, 2.05) is 46.8 Å². The SMILES string of the molecule is Cc1nc(Nc2cc(C)[nH]n2)cc(C2CCN(C(=O)OC(C)(C)C)CC2)n1. The Morgan fingerprint density at radius 2 is 1.89 bits per heavy atom. The summed E-state index contributed by atoms with van der Waals surface area (Å²) < 4.78 is 5.47. The Morgan fingerprint density at radius 1 is 1.19 bits per heavy atom. The molecule has 2 N–H and O–H groups in total.